The fourth-order valence-corrected chi connectivity index (χ4v) is 3.32. The number of carbonyl (C=O) groups excluding carboxylic acids is 2. The molecule has 0 atom stereocenters. The summed E-state index contributed by atoms with van der Waals surface area (Å²) in [6, 6.07) is 15.9. The van der Waals surface area contributed by atoms with Crippen LogP contribution in [0.1, 0.15) is 36.9 Å². The maximum absolute atomic E-state index is 12.8. The number of amides is 3. The number of anilines is 3. The van der Waals surface area contributed by atoms with E-state index in [0.717, 1.165) is 10.9 Å². The summed E-state index contributed by atoms with van der Waals surface area (Å²) in [6.07, 6.45) is 1.81. The topological polar surface area (TPSA) is 101 Å². The van der Waals surface area contributed by atoms with Crippen molar-refractivity contribution in [3.05, 3.63) is 72.1 Å². The molecule has 0 saturated carbocycles. The number of aryl methyl sites for hydroxylation is 1. The molecule has 2 aromatic heterocycles. The first-order chi connectivity index (χ1) is 15.2. The van der Waals surface area contributed by atoms with Crippen LogP contribution < -0.4 is 16.0 Å². The molecule has 3 amide bonds. The van der Waals surface area contributed by atoms with E-state index in [1.54, 1.807) is 30.3 Å². The molecule has 4 rings (SSSR count). The van der Waals surface area contributed by atoms with Crippen LogP contribution in [-0.2, 0) is 12.5 Å². The highest BCUT2D eigenvalue weighted by atomic mass is 16.5. The number of fused-ring (bicyclic) bond motifs is 1. The summed E-state index contributed by atoms with van der Waals surface area (Å²) < 4.78 is 7.19. The molecule has 8 nitrogen and oxygen atoms in total. The van der Waals surface area contributed by atoms with Crippen molar-refractivity contribution in [2.24, 2.45) is 7.05 Å². The van der Waals surface area contributed by atoms with E-state index in [2.05, 4.69) is 21.1 Å². The SMILES string of the molecule is Cn1cc(C(=O)Nc2ccc(NC(=O)Nc3cc(C(C)(C)C)on3)cc2)c2ccccc21. The van der Waals surface area contributed by atoms with Gasteiger partial charge < -0.3 is 19.7 Å². The van der Waals surface area contributed by atoms with E-state index in [4.69, 9.17) is 4.52 Å². The van der Waals surface area contributed by atoms with Crippen LogP contribution in [0.4, 0.5) is 22.0 Å². The molecule has 0 spiro atoms. The number of hydrogen-bond donors (Lipinski definition) is 3. The predicted octanol–water partition coefficient (Wildman–Crippen LogP) is 5.36. The zero-order chi connectivity index (χ0) is 22.9. The van der Waals surface area contributed by atoms with Gasteiger partial charge in [0.05, 0.1) is 5.56 Å². The van der Waals surface area contributed by atoms with Crippen molar-refractivity contribution in [3.8, 4) is 0 Å². The number of aromatic nitrogens is 2. The Balaban J connectivity index is 1.38. The molecule has 0 bridgehead atoms. The molecule has 0 aliphatic heterocycles. The van der Waals surface area contributed by atoms with Gasteiger partial charge in [-0.2, -0.15) is 0 Å². The van der Waals surface area contributed by atoms with Crippen molar-refractivity contribution >= 4 is 40.0 Å². The first-order valence-electron chi connectivity index (χ1n) is 10.2. The van der Waals surface area contributed by atoms with Crippen molar-refractivity contribution in [1.82, 2.24) is 9.72 Å². The third-order valence-electron chi connectivity index (χ3n) is 5.03. The standard InChI is InChI=1S/C24H25N5O3/c1-24(2,3)20-13-21(28-32-20)27-23(31)26-16-11-9-15(10-12-16)25-22(30)18-14-29(4)19-8-6-5-7-17(18)19/h5-14H,1-4H3,(H,25,30)(H2,26,27,28,31). The lowest BCUT2D eigenvalue weighted by Crippen LogP contribution is -2.19. The fraction of sp³-hybridized carbons (Fsp3) is 0.208. The average Bonchev–Trinajstić information content (AvgIpc) is 3.34. The van der Waals surface area contributed by atoms with Gasteiger partial charge in [0.15, 0.2) is 5.82 Å². The van der Waals surface area contributed by atoms with Gasteiger partial charge >= 0.3 is 6.03 Å². The molecular formula is C24H25N5O3. The van der Waals surface area contributed by atoms with Crippen LogP contribution in [0.15, 0.2) is 65.3 Å². The van der Waals surface area contributed by atoms with Gasteiger partial charge in [-0.25, -0.2) is 4.79 Å². The molecule has 32 heavy (non-hydrogen) atoms. The summed E-state index contributed by atoms with van der Waals surface area (Å²) >= 11 is 0. The highest BCUT2D eigenvalue weighted by Crippen LogP contribution is 2.25. The van der Waals surface area contributed by atoms with Gasteiger partial charge in [-0.3, -0.25) is 10.1 Å². The van der Waals surface area contributed by atoms with Crippen LogP contribution in [0.5, 0.6) is 0 Å². The smallest absolute Gasteiger partial charge is 0.324 e. The molecule has 164 valence electrons. The summed E-state index contributed by atoms with van der Waals surface area (Å²) in [5, 5.41) is 13.0. The molecule has 4 aromatic rings. The number of benzene rings is 2. The Morgan fingerprint density at radius 3 is 2.25 bits per heavy atom. The second kappa shape index (κ2) is 8.22. The van der Waals surface area contributed by atoms with E-state index < -0.39 is 6.03 Å². The largest absolute Gasteiger partial charge is 0.359 e. The Morgan fingerprint density at radius 2 is 1.59 bits per heavy atom. The average molecular weight is 431 g/mol. The summed E-state index contributed by atoms with van der Waals surface area (Å²) in [5.74, 6) is 0.825. The monoisotopic (exact) mass is 431 g/mol. The zero-order valence-electron chi connectivity index (χ0n) is 18.4. The molecular weight excluding hydrogens is 406 g/mol. The van der Waals surface area contributed by atoms with Crippen LogP contribution in [0.2, 0.25) is 0 Å². The summed E-state index contributed by atoms with van der Waals surface area (Å²) in [5.41, 5.74) is 2.60. The second-order valence-corrected chi connectivity index (χ2v) is 8.61. The van der Waals surface area contributed by atoms with Crippen molar-refractivity contribution in [2.45, 2.75) is 26.2 Å². The van der Waals surface area contributed by atoms with Gasteiger partial charge in [0, 0.05) is 47.0 Å². The minimum atomic E-state index is -0.439. The van der Waals surface area contributed by atoms with Gasteiger partial charge in [0.25, 0.3) is 5.91 Å². The van der Waals surface area contributed by atoms with Crippen molar-refractivity contribution in [1.29, 1.82) is 0 Å². The van der Waals surface area contributed by atoms with E-state index in [1.807, 2.05) is 62.8 Å². The van der Waals surface area contributed by atoms with Crippen molar-refractivity contribution < 1.29 is 14.1 Å². The molecule has 3 N–H and O–H groups in total. The zero-order valence-corrected chi connectivity index (χ0v) is 18.4. The van der Waals surface area contributed by atoms with Crippen LogP contribution in [0.3, 0.4) is 0 Å². The first kappa shape index (κ1) is 21.2. The number of para-hydroxylation sites is 1. The fourth-order valence-electron chi connectivity index (χ4n) is 3.32. The molecule has 0 saturated heterocycles. The van der Waals surface area contributed by atoms with Crippen LogP contribution in [-0.4, -0.2) is 21.7 Å². The molecule has 2 heterocycles. The van der Waals surface area contributed by atoms with Crippen molar-refractivity contribution in [3.63, 3.8) is 0 Å². The number of urea groups is 1. The first-order valence-corrected chi connectivity index (χ1v) is 10.2. The van der Waals surface area contributed by atoms with Gasteiger partial charge in [-0.1, -0.05) is 44.1 Å². The van der Waals surface area contributed by atoms with Crippen molar-refractivity contribution in [2.75, 3.05) is 16.0 Å². The number of rotatable bonds is 4. The lowest BCUT2D eigenvalue weighted by atomic mass is 9.93. The molecule has 0 unspecified atom stereocenters. The van der Waals surface area contributed by atoms with Gasteiger partial charge in [-0.15, -0.1) is 0 Å². The predicted molar refractivity (Wildman–Crippen MR) is 125 cm³/mol. The highest BCUT2D eigenvalue weighted by molar-refractivity contribution is 6.13. The normalized spacial score (nSPS) is 11.4. The Kier molecular flexibility index (Phi) is 5.44. The Labute approximate surface area is 185 Å². The lowest BCUT2D eigenvalue weighted by molar-refractivity contribution is 0.102. The summed E-state index contributed by atoms with van der Waals surface area (Å²) in [6.45, 7) is 5.99. The Morgan fingerprint density at radius 1 is 0.938 bits per heavy atom. The van der Waals surface area contributed by atoms with Crippen LogP contribution in [0, 0.1) is 0 Å². The maximum Gasteiger partial charge on any atom is 0.324 e. The van der Waals surface area contributed by atoms with E-state index in [-0.39, 0.29) is 11.3 Å². The minimum absolute atomic E-state index is 0.194. The summed E-state index contributed by atoms with van der Waals surface area (Å²) in [4.78, 5) is 25.0. The van der Waals surface area contributed by atoms with Crippen LogP contribution in [0.25, 0.3) is 10.9 Å². The molecule has 0 fully saturated rings. The van der Waals surface area contributed by atoms with E-state index in [9.17, 15) is 9.59 Å². The Hall–Kier alpha value is -4.07. The lowest BCUT2D eigenvalue weighted by Gasteiger charge is -2.12. The van der Waals surface area contributed by atoms with E-state index in [0.29, 0.717) is 28.5 Å². The second-order valence-electron chi connectivity index (χ2n) is 8.61. The third kappa shape index (κ3) is 4.49. The van der Waals surface area contributed by atoms with Crippen LogP contribution >= 0.6 is 0 Å². The molecule has 0 aliphatic rings. The minimum Gasteiger partial charge on any atom is -0.359 e. The van der Waals surface area contributed by atoms with E-state index in [1.165, 1.54) is 0 Å². The molecule has 8 heteroatoms. The maximum atomic E-state index is 12.8. The van der Waals surface area contributed by atoms with Gasteiger partial charge in [-0.05, 0) is 30.3 Å². The van der Waals surface area contributed by atoms with Gasteiger partial charge in [0.2, 0.25) is 0 Å². The number of carbonyl (C=O) groups is 2. The van der Waals surface area contributed by atoms with E-state index >= 15 is 0 Å². The number of nitrogens with zero attached hydrogens (tertiary/aromatic N) is 2. The molecule has 2 aromatic carbocycles. The molecule has 0 aliphatic carbocycles. The third-order valence-corrected chi connectivity index (χ3v) is 5.03. The summed E-state index contributed by atoms with van der Waals surface area (Å²) in [7, 11) is 1.91. The highest BCUT2D eigenvalue weighted by Gasteiger charge is 2.20. The quantitative estimate of drug-likeness (QED) is 0.405. The Bertz CT molecular complexity index is 1280. The van der Waals surface area contributed by atoms with Gasteiger partial charge in [0.1, 0.15) is 5.76 Å². The number of hydrogen-bond acceptors (Lipinski definition) is 4. The number of nitrogens with one attached hydrogen (secondary N) is 3. The molecule has 0 radical (unpaired) electrons.